The zero-order valence-electron chi connectivity index (χ0n) is 5.72. The smallest absolute Gasteiger partial charge is 0.306 e. The Morgan fingerprint density at radius 1 is 1.67 bits per heavy atom. The predicted molar refractivity (Wildman–Crippen MR) is 34.0 cm³/mol. The lowest BCUT2D eigenvalue weighted by Crippen LogP contribution is -2.04. The minimum Gasteiger partial charge on any atom is -0.462 e. The average molecular weight is 128 g/mol. The van der Waals surface area contributed by atoms with Gasteiger partial charge in [-0.05, 0) is 19.3 Å². The molecule has 0 spiro atoms. The van der Waals surface area contributed by atoms with Crippen molar-refractivity contribution in [1.29, 1.82) is 0 Å². The van der Waals surface area contributed by atoms with Gasteiger partial charge in [0.2, 0.25) is 0 Å². The van der Waals surface area contributed by atoms with Crippen LogP contribution in [0.25, 0.3) is 0 Å². The number of carbonyl (C=O) groups is 1. The zero-order chi connectivity index (χ0) is 6.69. The molecule has 0 aromatic heterocycles. The van der Waals surface area contributed by atoms with E-state index in [2.05, 4.69) is 0 Å². The maximum absolute atomic E-state index is 10.7. The molecule has 1 saturated carbocycles. The summed E-state index contributed by atoms with van der Waals surface area (Å²) < 4.78 is 4.96. The molecule has 0 aromatic carbocycles. The first-order valence-corrected chi connectivity index (χ1v) is 3.52. The van der Waals surface area contributed by atoms with Gasteiger partial charge in [-0.15, -0.1) is 0 Å². The van der Waals surface area contributed by atoms with Crippen molar-refractivity contribution in [3.63, 3.8) is 0 Å². The van der Waals surface area contributed by atoms with Crippen LogP contribution in [0.3, 0.4) is 0 Å². The summed E-state index contributed by atoms with van der Waals surface area (Å²) in [6.45, 7) is 1.98. The molecule has 52 valence electrons. The molecule has 1 aliphatic rings. The SMILES string of the molecule is CCCC(=O)OC1CC1. The van der Waals surface area contributed by atoms with Gasteiger partial charge in [0, 0.05) is 6.42 Å². The maximum atomic E-state index is 10.7. The Kier molecular flexibility index (Phi) is 2.09. The molecule has 0 N–H and O–H groups in total. The normalized spacial score (nSPS) is 17.4. The van der Waals surface area contributed by atoms with E-state index in [0.29, 0.717) is 6.42 Å². The van der Waals surface area contributed by atoms with E-state index in [0.717, 1.165) is 19.3 Å². The highest BCUT2D eigenvalue weighted by molar-refractivity contribution is 5.69. The van der Waals surface area contributed by atoms with Crippen molar-refractivity contribution in [3.8, 4) is 0 Å². The van der Waals surface area contributed by atoms with Gasteiger partial charge in [0.1, 0.15) is 6.10 Å². The molecule has 0 atom stereocenters. The largest absolute Gasteiger partial charge is 0.462 e. The summed E-state index contributed by atoms with van der Waals surface area (Å²) in [4.78, 5) is 10.7. The van der Waals surface area contributed by atoms with E-state index < -0.39 is 0 Å². The monoisotopic (exact) mass is 128 g/mol. The second kappa shape index (κ2) is 2.85. The molecule has 0 amide bonds. The van der Waals surface area contributed by atoms with Crippen LogP contribution in [0.2, 0.25) is 0 Å². The Morgan fingerprint density at radius 2 is 2.33 bits per heavy atom. The van der Waals surface area contributed by atoms with Gasteiger partial charge in [-0.2, -0.15) is 0 Å². The Balaban J connectivity index is 2.02. The van der Waals surface area contributed by atoms with Crippen LogP contribution in [-0.2, 0) is 9.53 Å². The lowest BCUT2D eigenvalue weighted by molar-refractivity contribution is -0.144. The van der Waals surface area contributed by atoms with E-state index in [1.807, 2.05) is 6.92 Å². The number of esters is 1. The summed E-state index contributed by atoms with van der Waals surface area (Å²) in [7, 11) is 0. The zero-order valence-corrected chi connectivity index (χ0v) is 5.72. The van der Waals surface area contributed by atoms with E-state index in [1.165, 1.54) is 0 Å². The Hall–Kier alpha value is -0.530. The van der Waals surface area contributed by atoms with Crippen LogP contribution in [0.4, 0.5) is 0 Å². The van der Waals surface area contributed by atoms with E-state index in [-0.39, 0.29) is 12.1 Å². The summed E-state index contributed by atoms with van der Waals surface area (Å²) in [5.41, 5.74) is 0. The van der Waals surface area contributed by atoms with Crippen LogP contribution < -0.4 is 0 Å². The summed E-state index contributed by atoms with van der Waals surface area (Å²) in [5, 5.41) is 0. The highest BCUT2D eigenvalue weighted by atomic mass is 16.5. The fraction of sp³-hybridized carbons (Fsp3) is 0.857. The molecular weight excluding hydrogens is 116 g/mol. The standard InChI is InChI=1S/C7H12O2/c1-2-3-7(8)9-6-4-5-6/h6H,2-5H2,1H3. The van der Waals surface area contributed by atoms with Crippen molar-refractivity contribution in [1.82, 2.24) is 0 Å². The van der Waals surface area contributed by atoms with Crippen LogP contribution >= 0.6 is 0 Å². The highest BCUT2D eigenvalue weighted by Crippen LogP contribution is 2.23. The quantitative estimate of drug-likeness (QED) is 0.538. The minimum atomic E-state index is -0.0278. The van der Waals surface area contributed by atoms with E-state index >= 15 is 0 Å². The highest BCUT2D eigenvalue weighted by Gasteiger charge is 2.25. The molecule has 0 heterocycles. The second-order valence-corrected chi connectivity index (χ2v) is 2.44. The van der Waals surface area contributed by atoms with Crippen LogP contribution in [-0.4, -0.2) is 12.1 Å². The summed E-state index contributed by atoms with van der Waals surface area (Å²) in [5.74, 6) is -0.0278. The third-order valence-electron chi connectivity index (χ3n) is 1.28. The van der Waals surface area contributed by atoms with Crippen LogP contribution in [0.1, 0.15) is 32.6 Å². The van der Waals surface area contributed by atoms with Gasteiger partial charge in [-0.1, -0.05) is 6.92 Å². The molecule has 2 heteroatoms. The van der Waals surface area contributed by atoms with Crippen molar-refractivity contribution in [2.24, 2.45) is 0 Å². The Morgan fingerprint density at radius 3 is 2.78 bits per heavy atom. The summed E-state index contributed by atoms with van der Waals surface area (Å²) in [6.07, 6.45) is 3.91. The lowest BCUT2D eigenvalue weighted by Gasteiger charge is -1.98. The number of ether oxygens (including phenoxy) is 1. The van der Waals surface area contributed by atoms with Gasteiger partial charge < -0.3 is 4.74 Å². The van der Waals surface area contributed by atoms with Crippen molar-refractivity contribution in [2.75, 3.05) is 0 Å². The van der Waals surface area contributed by atoms with E-state index in [4.69, 9.17) is 4.74 Å². The molecule has 1 rings (SSSR count). The summed E-state index contributed by atoms with van der Waals surface area (Å²) >= 11 is 0. The molecule has 0 saturated heterocycles. The number of rotatable bonds is 3. The molecule has 0 aromatic rings. The first kappa shape index (κ1) is 6.59. The molecule has 0 bridgehead atoms. The molecule has 1 aliphatic carbocycles. The van der Waals surface area contributed by atoms with Gasteiger partial charge in [0.05, 0.1) is 0 Å². The third kappa shape index (κ3) is 2.49. The van der Waals surface area contributed by atoms with Crippen molar-refractivity contribution in [2.45, 2.75) is 38.7 Å². The minimum absolute atomic E-state index is 0.0278. The number of hydrogen-bond donors (Lipinski definition) is 0. The van der Waals surface area contributed by atoms with Crippen LogP contribution in [0, 0.1) is 0 Å². The molecule has 0 unspecified atom stereocenters. The van der Waals surface area contributed by atoms with Crippen LogP contribution in [0.15, 0.2) is 0 Å². The number of carbonyl (C=O) groups excluding carboxylic acids is 1. The van der Waals surface area contributed by atoms with Gasteiger partial charge in [0.25, 0.3) is 0 Å². The Bertz CT molecular complexity index is 105. The van der Waals surface area contributed by atoms with E-state index in [9.17, 15) is 4.79 Å². The van der Waals surface area contributed by atoms with E-state index in [1.54, 1.807) is 0 Å². The summed E-state index contributed by atoms with van der Waals surface area (Å²) in [6, 6.07) is 0. The third-order valence-corrected chi connectivity index (χ3v) is 1.28. The molecule has 2 nitrogen and oxygen atoms in total. The predicted octanol–water partition coefficient (Wildman–Crippen LogP) is 1.49. The fourth-order valence-electron chi connectivity index (χ4n) is 0.635. The second-order valence-electron chi connectivity index (χ2n) is 2.44. The fourth-order valence-corrected chi connectivity index (χ4v) is 0.635. The first-order chi connectivity index (χ1) is 4.33. The molecule has 0 radical (unpaired) electrons. The average Bonchev–Trinajstić information content (AvgIpc) is 2.50. The maximum Gasteiger partial charge on any atom is 0.306 e. The Labute approximate surface area is 55.2 Å². The molecule has 0 aliphatic heterocycles. The molecule has 9 heavy (non-hydrogen) atoms. The van der Waals surface area contributed by atoms with Gasteiger partial charge >= 0.3 is 5.97 Å². The van der Waals surface area contributed by atoms with Gasteiger partial charge in [0.15, 0.2) is 0 Å². The topological polar surface area (TPSA) is 26.3 Å². The lowest BCUT2D eigenvalue weighted by atomic mass is 10.3. The van der Waals surface area contributed by atoms with Gasteiger partial charge in [-0.25, -0.2) is 0 Å². The van der Waals surface area contributed by atoms with Crippen molar-refractivity contribution >= 4 is 5.97 Å². The molecule has 1 fully saturated rings. The van der Waals surface area contributed by atoms with Crippen LogP contribution in [0.5, 0.6) is 0 Å². The number of hydrogen-bond acceptors (Lipinski definition) is 2. The van der Waals surface area contributed by atoms with Crippen molar-refractivity contribution < 1.29 is 9.53 Å². The van der Waals surface area contributed by atoms with Gasteiger partial charge in [-0.3, -0.25) is 4.79 Å². The first-order valence-electron chi connectivity index (χ1n) is 3.52. The van der Waals surface area contributed by atoms with Crippen molar-refractivity contribution in [3.05, 3.63) is 0 Å². The molecular formula is C7H12O2.